The van der Waals surface area contributed by atoms with Crippen LogP contribution in [0.15, 0.2) is 48.5 Å². The zero-order valence-electron chi connectivity index (χ0n) is 16.6. The van der Waals surface area contributed by atoms with E-state index in [2.05, 4.69) is 29.7 Å². The Morgan fingerprint density at radius 2 is 1.70 bits per heavy atom. The fourth-order valence-corrected chi connectivity index (χ4v) is 3.96. The van der Waals surface area contributed by atoms with Crippen molar-refractivity contribution < 1.29 is 13.6 Å². The van der Waals surface area contributed by atoms with Crippen LogP contribution in [-0.2, 0) is 0 Å². The van der Waals surface area contributed by atoms with Gasteiger partial charge in [0, 0.05) is 17.5 Å². The lowest BCUT2D eigenvalue weighted by molar-refractivity contribution is 0.0921. The summed E-state index contributed by atoms with van der Waals surface area (Å²) in [6.45, 7) is 2.08. The van der Waals surface area contributed by atoms with Gasteiger partial charge in [0.1, 0.15) is 5.82 Å². The van der Waals surface area contributed by atoms with Gasteiger partial charge in [-0.2, -0.15) is 0 Å². The topological polar surface area (TPSA) is 54.0 Å². The van der Waals surface area contributed by atoms with Crippen molar-refractivity contribution in [2.45, 2.75) is 44.7 Å². The maximum Gasteiger partial charge on any atom is 0.254 e. The van der Waals surface area contributed by atoms with Crippen molar-refractivity contribution in [2.75, 3.05) is 5.32 Å². The Bertz CT molecular complexity index is 1050. The summed E-state index contributed by atoms with van der Waals surface area (Å²) in [6.07, 6.45) is 3.27. The Labute approximate surface area is 180 Å². The van der Waals surface area contributed by atoms with E-state index in [0.29, 0.717) is 0 Å². The fourth-order valence-electron chi connectivity index (χ4n) is 3.96. The maximum absolute atomic E-state index is 13.8. The number of benzene rings is 2. The molecule has 1 aliphatic rings. The van der Waals surface area contributed by atoms with Crippen LogP contribution < -0.4 is 10.6 Å². The molecule has 1 heterocycles. The number of carbonyl (C=O) groups is 1. The molecule has 0 bridgehead atoms. The SMILES string of the molecule is Cc1cc(NC2CCC(NC(=O)c3cccc(F)c3F)CC2)nc2ccccc12.Cl. The van der Waals surface area contributed by atoms with E-state index in [-0.39, 0.29) is 30.1 Å². The molecule has 1 fully saturated rings. The monoisotopic (exact) mass is 431 g/mol. The number of nitrogens with one attached hydrogen (secondary N) is 2. The summed E-state index contributed by atoms with van der Waals surface area (Å²) in [4.78, 5) is 17.0. The quantitative estimate of drug-likeness (QED) is 0.581. The highest BCUT2D eigenvalue weighted by Crippen LogP contribution is 2.25. The number of hydrogen-bond donors (Lipinski definition) is 2. The van der Waals surface area contributed by atoms with Crippen molar-refractivity contribution in [1.82, 2.24) is 10.3 Å². The molecule has 0 saturated heterocycles. The Morgan fingerprint density at radius 3 is 2.47 bits per heavy atom. The van der Waals surface area contributed by atoms with Crippen LogP contribution >= 0.6 is 12.4 Å². The molecule has 0 radical (unpaired) electrons. The van der Waals surface area contributed by atoms with Crippen molar-refractivity contribution in [3.8, 4) is 0 Å². The highest BCUT2D eigenvalue weighted by Gasteiger charge is 2.24. The van der Waals surface area contributed by atoms with Crippen LogP contribution in [0.25, 0.3) is 10.9 Å². The second-order valence-electron chi connectivity index (χ2n) is 7.61. The van der Waals surface area contributed by atoms with Gasteiger partial charge in [-0.25, -0.2) is 13.8 Å². The van der Waals surface area contributed by atoms with Gasteiger partial charge in [-0.05, 0) is 62.4 Å². The molecule has 1 amide bonds. The number of pyridine rings is 1. The van der Waals surface area contributed by atoms with Crippen molar-refractivity contribution in [3.05, 3.63) is 71.3 Å². The van der Waals surface area contributed by atoms with E-state index in [0.717, 1.165) is 48.5 Å². The van der Waals surface area contributed by atoms with Gasteiger partial charge in [0.25, 0.3) is 5.91 Å². The predicted molar refractivity (Wildman–Crippen MR) is 117 cm³/mol. The third-order valence-corrected chi connectivity index (χ3v) is 5.53. The Hall–Kier alpha value is -2.73. The van der Waals surface area contributed by atoms with Crippen LogP contribution in [0.4, 0.5) is 14.6 Å². The minimum absolute atomic E-state index is 0. The lowest BCUT2D eigenvalue weighted by Crippen LogP contribution is -2.40. The minimum Gasteiger partial charge on any atom is -0.367 e. The first-order valence-corrected chi connectivity index (χ1v) is 9.89. The number of aryl methyl sites for hydroxylation is 1. The second kappa shape index (κ2) is 9.39. The van der Waals surface area contributed by atoms with E-state index in [1.807, 2.05) is 18.2 Å². The molecule has 1 aliphatic carbocycles. The van der Waals surface area contributed by atoms with E-state index in [4.69, 9.17) is 4.98 Å². The summed E-state index contributed by atoms with van der Waals surface area (Å²) < 4.78 is 27.1. The third-order valence-electron chi connectivity index (χ3n) is 5.53. The van der Waals surface area contributed by atoms with Crippen molar-refractivity contribution in [2.24, 2.45) is 0 Å². The number of anilines is 1. The minimum atomic E-state index is -1.10. The molecule has 0 aliphatic heterocycles. The normalized spacial score (nSPS) is 18.5. The molecule has 158 valence electrons. The van der Waals surface area contributed by atoms with Gasteiger partial charge in [0.15, 0.2) is 11.6 Å². The second-order valence-corrected chi connectivity index (χ2v) is 7.61. The zero-order chi connectivity index (χ0) is 20.4. The number of nitrogens with zero attached hydrogens (tertiary/aromatic N) is 1. The molecule has 30 heavy (non-hydrogen) atoms. The van der Waals surface area contributed by atoms with Crippen LogP contribution in [0.3, 0.4) is 0 Å². The molecule has 2 N–H and O–H groups in total. The van der Waals surface area contributed by atoms with Gasteiger partial charge in [-0.1, -0.05) is 24.3 Å². The summed E-state index contributed by atoms with van der Waals surface area (Å²) in [5.41, 5.74) is 1.89. The van der Waals surface area contributed by atoms with E-state index in [9.17, 15) is 13.6 Å². The molecule has 1 aromatic heterocycles. The Balaban J connectivity index is 0.00000256. The lowest BCUT2D eigenvalue weighted by atomic mass is 9.91. The average molecular weight is 432 g/mol. The zero-order valence-corrected chi connectivity index (χ0v) is 17.4. The van der Waals surface area contributed by atoms with E-state index in [1.165, 1.54) is 17.7 Å². The number of rotatable bonds is 4. The van der Waals surface area contributed by atoms with Gasteiger partial charge >= 0.3 is 0 Å². The van der Waals surface area contributed by atoms with Crippen molar-refractivity contribution in [1.29, 1.82) is 0 Å². The highest BCUT2D eigenvalue weighted by molar-refractivity contribution is 5.94. The van der Waals surface area contributed by atoms with Gasteiger partial charge in [-0.15, -0.1) is 12.4 Å². The number of halogens is 3. The van der Waals surface area contributed by atoms with Crippen LogP contribution in [0.2, 0.25) is 0 Å². The molecule has 2 aromatic carbocycles. The molecular weight excluding hydrogens is 408 g/mol. The van der Waals surface area contributed by atoms with Crippen LogP contribution in [-0.4, -0.2) is 23.0 Å². The number of para-hydroxylation sites is 1. The van der Waals surface area contributed by atoms with Gasteiger partial charge in [0.05, 0.1) is 11.1 Å². The maximum atomic E-state index is 13.8. The van der Waals surface area contributed by atoms with E-state index < -0.39 is 17.5 Å². The first kappa shape index (κ1) is 22.0. The summed E-state index contributed by atoms with van der Waals surface area (Å²) in [6, 6.07) is 14.0. The molecule has 7 heteroatoms. The fraction of sp³-hybridized carbons (Fsp3) is 0.304. The first-order chi connectivity index (χ1) is 14.0. The molecular formula is C23H24ClF2N3O. The van der Waals surface area contributed by atoms with Gasteiger partial charge < -0.3 is 10.6 Å². The molecule has 4 nitrogen and oxygen atoms in total. The molecule has 1 saturated carbocycles. The number of aromatic nitrogens is 1. The number of carbonyl (C=O) groups excluding carboxylic acids is 1. The van der Waals surface area contributed by atoms with Crippen LogP contribution in [0, 0.1) is 18.6 Å². The number of fused-ring (bicyclic) bond motifs is 1. The Morgan fingerprint density at radius 1 is 1.00 bits per heavy atom. The first-order valence-electron chi connectivity index (χ1n) is 9.89. The lowest BCUT2D eigenvalue weighted by Gasteiger charge is -2.30. The highest BCUT2D eigenvalue weighted by atomic mass is 35.5. The summed E-state index contributed by atoms with van der Waals surface area (Å²) in [5.74, 6) is -1.82. The standard InChI is InChI=1S/C23H23F2N3O.ClH/c1-14-13-21(28-20-8-3-2-5-17(14)20)26-15-9-11-16(12-10-15)27-23(29)18-6-4-7-19(24)22(18)25;/h2-8,13,15-16H,9-12H2,1H3,(H,26,28)(H,27,29);1H. The van der Waals surface area contributed by atoms with E-state index >= 15 is 0 Å². The molecule has 4 rings (SSSR count). The largest absolute Gasteiger partial charge is 0.367 e. The van der Waals surface area contributed by atoms with Crippen LogP contribution in [0.5, 0.6) is 0 Å². The number of amides is 1. The van der Waals surface area contributed by atoms with E-state index in [1.54, 1.807) is 0 Å². The Kier molecular flexibility index (Phi) is 6.87. The molecule has 0 atom stereocenters. The molecule has 3 aromatic rings. The van der Waals surface area contributed by atoms with Gasteiger partial charge in [-0.3, -0.25) is 4.79 Å². The molecule has 0 unspecified atom stereocenters. The summed E-state index contributed by atoms with van der Waals surface area (Å²) in [7, 11) is 0. The van der Waals surface area contributed by atoms with Crippen LogP contribution in [0.1, 0.15) is 41.6 Å². The summed E-state index contributed by atoms with van der Waals surface area (Å²) >= 11 is 0. The predicted octanol–water partition coefficient (Wildman–Crippen LogP) is 5.40. The summed E-state index contributed by atoms with van der Waals surface area (Å²) in [5, 5.41) is 7.48. The number of hydrogen-bond acceptors (Lipinski definition) is 3. The van der Waals surface area contributed by atoms with Gasteiger partial charge in [0.2, 0.25) is 0 Å². The van der Waals surface area contributed by atoms with Crippen molar-refractivity contribution in [3.63, 3.8) is 0 Å². The average Bonchev–Trinajstić information content (AvgIpc) is 2.71. The smallest absolute Gasteiger partial charge is 0.254 e. The van der Waals surface area contributed by atoms with Crippen molar-refractivity contribution >= 4 is 35.0 Å². The third kappa shape index (κ3) is 4.70. The molecule has 0 spiro atoms.